The van der Waals surface area contributed by atoms with Crippen molar-refractivity contribution in [3.8, 4) is 0 Å². The molecule has 1 fully saturated rings. The number of anilines is 1. The number of amides is 1. The molecule has 2 aromatic carbocycles. The van der Waals surface area contributed by atoms with Gasteiger partial charge in [-0.3, -0.25) is 9.69 Å². The fourth-order valence-electron chi connectivity index (χ4n) is 3.31. The lowest BCUT2D eigenvalue weighted by atomic mass is 10.2. The van der Waals surface area contributed by atoms with Crippen LogP contribution in [0.25, 0.3) is 10.2 Å². The van der Waals surface area contributed by atoms with E-state index in [1.165, 1.54) is 17.4 Å². The summed E-state index contributed by atoms with van der Waals surface area (Å²) in [4.78, 5) is 21.0. The number of aromatic nitrogens is 1. The fraction of sp³-hybridized carbons (Fsp3) is 0.300. The van der Waals surface area contributed by atoms with Crippen LogP contribution < -0.4 is 10.2 Å². The van der Waals surface area contributed by atoms with Gasteiger partial charge in [-0.05, 0) is 40.8 Å². The molecule has 2 heterocycles. The Bertz CT molecular complexity index is 1040. The Morgan fingerprint density at radius 2 is 1.90 bits per heavy atom. The van der Waals surface area contributed by atoms with E-state index in [0.717, 1.165) is 47.5 Å². The van der Waals surface area contributed by atoms with Crippen molar-refractivity contribution < 1.29 is 13.6 Å². The molecule has 0 radical (unpaired) electrons. The number of thiazole rings is 1. The van der Waals surface area contributed by atoms with Crippen molar-refractivity contribution in [3.05, 3.63) is 57.2 Å². The van der Waals surface area contributed by atoms with Gasteiger partial charge in [0.1, 0.15) is 11.3 Å². The third-order valence-corrected chi connectivity index (χ3v) is 6.88. The van der Waals surface area contributed by atoms with Crippen molar-refractivity contribution in [2.45, 2.75) is 0 Å². The van der Waals surface area contributed by atoms with Crippen LogP contribution in [0.2, 0.25) is 0 Å². The second kappa shape index (κ2) is 10.2. The summed E-state index contributed by atoms with van der Waals surface area (Å²) in [5.41, 5.74) is 0.921. The summed E-state index contributed by atoms with van der Waals surface area (Å²) in [5.74, 6) is -1.26. The normalized spacial score (nSPS) is 14.6. The Balaban J connectivity index is 0.00000256. The summed E-state index contributed by atoms with van der Waals surface area (Å²) >= 11 is 3.47. The molecular formula is C20H20ClF2IN4OS. The van der Waals surface area contributed by atoms with E-state index in [-0.39, 0.29) is 23.8 Å². The number of fused-ring (bicyclic) bond motifs is 1. The predicted molar refractivity (Wildman–Crippen MR) is 127 cm³/mol. The molecule has 0 atom stereocenters. The molecule has 5 nitrogen and oxygen atoms in total. The van der Waals surface area contributed by atoms with E-state index < -0.39 is 11.6 Å². The van der Waals surface area contributed by atoms with Crippen molar-refractivity contribution in [3.63, 3.8) is 0 Å². The minimum absolute atomic E-state index is 0. The second-order valence-electron chi connectivity index (χ2n) is 6.80. The zero-order valence-electron chi connectivity index (χ0n) is 15.9. The van der Waals surface area contributed by atoms with E-state index in [9.17, 15) is 13.6 Å². The summed E-state index contributed by atoms with van der Waals surface area (Å²) in [5, 5.41) is 3.69. The monoisotopic (exact) mass is 564 g/mol. The number of hydrogen-bond donors (Lipinski definition) is 1. The maximum Gasteiger partial charge on any atom is 0.252 e. The molecule has 160 valence electrons. The number of benzene rings is 2. The van der Waals surface area contributed by atoms with Crippen molar-refractivity contribution in [2.75, 3.05) is 44.2 Å². The summed E-state index contributed by atoms with van der Waals surface area (Å²) in [7, 11) is 0. The summed E-state index contributed by atoms with van der Waals surface area (Å²) in [6.45, 7) is 4.51. The van der Waals surface area contributed by atoms with E-state index in [2.05, 4.69) is 42.7 Å². The Hall–Kier alpha value is -1.56. The predicted octanol–water partition coefficient (Wildman–Crippen LogP) is 4.15. The second-order valence-corrected chi connectivity index (χ2v) is 8.97. The third-order valence-electron chi connectivity index (χ3n) is 4.88. The van der Waals surface area contributed by atoms with Gasteiger partial charge in [0.2, 0.25) is 0 Å². The quantitative estimate of drug-likeness (QED) is 0.473. The maximum absolute atomic E-state index is 13.9. The largest absolute Gasteiger partial charge is 0.351 e. The van der Waals surface area contributed by atoms with Crippen molar-refractivity contribution >= 4 is 67.6 Å². The first kappa shape index (κ1) is 23.1. The van der Waals surface area contributed by atoms with Gasteiger partial charge in [-0.2, -0.15) is 0 Å². The molecule has 1 saturated heterocycles. The molecule has 1 aromatic heterocycles. The summed E-state index contributed by atoms with van der Waals surface area (Å²) < 4.78 is 28.7. The van der Waals surface area contributed by atoms with Crippen LogP contribution in [0.3, 0.4) is 0 Å². The SMILES string of the molecule is Cl.O=C(NCCN1CCN(c2nc3c(F)cc(F)cc3s2)CC1)c1ccccc1I. The van der Waals surface area contributed by atoms with Crippen molar-refractivity contribution in [2.24, 2.45) is 0 Å². The van der Waals surface area contributed by atoms with E-state index in [1.807, 2.05) is 24.3 Å². The zero-order chi connectivity index (χ0) is 20.4. The molecule has 3 aromatic rings. The maximum atomic E-state index is 13.9. The number of hydrogen-bond acceptors (Lipinski definition) is 5. The minimum atomic E-state index is -0.620. The molecular weight excluding hydrogens is 545 g/mol. The number of carbonyl (C=O) groups is 1. The van der Waals surface area contributed by atoms with Crippen LogP contribution in [0.1, 0.15) is 10.4 Å². The standard InChI is InChI=1S/C20H19F2IN4OS.ClH/c21-13-11-15(22)18-17(12-13)29-20(25-18)27-9-7-26(8-10-27)6-5-24-19(28)14-3-1-2-4-16(14)23;/h1-4,11-12H,5-10H2,(H,24,28);1H. The number of rotatable bonds is 5. The number of carbonyl (C=O) groups excluding carboxylic acids is 1. The molecule has 0 spiro atoms. The topological polar surface area (TPSA) is 48.5 Å². The molecule has 4 rings (SSSR count). The first-order valence-corrected chi connectivity index (χ1v) is 11.2. The van der Waals surface area contributed by atoms with Crippen molar-refractivity contribution in [1.82, 2.24) is 15.2 Å². The number of nitrogens with zero attached hydrogens (tertiary/aromatic N) is 3. The Morgan fingerprint density at radius 3 is 2.63 bits per heavy atom. The first-order chi connectivity index (χ1) is 14.0. The number of halogens is 4. The minimum Gasteiger partial charge on any atom is -0.351 e. The molecule has 1 N–H and O–H groups in total. The average Bonchev–Trinajstić information content (AvgIpc) is 3.13. The highest BCUT2D eigenvalue weighted by atomic mass is 127. The molecule has 0 saturated carbocycles. The summed E-state index contributed by atoms with van der Waals surface area (Å²) in [6.07, 6.45) is 0. The van der Waals surface area contributed by atoms with E-state index >= 15 is 0 Å². The van der Waals surface area contributed by atoms with Gasteiger partial charge in [0, 0.05) is 48.9 Å². The molecule has 10 heteroatoms. The van der Waals surface area contributed by atoms with Crippen molar-refractivity contribution in [1.29, 1.82) is 0 Å². The molecule has 0 unspecified atom stereocenters. The summed E-state index contributed by atoms with van der Waals surface area (Å²) in [6, 6.07) is 9.70. The van der Waals surface area contributed by atoms with Gasteiger partial charge >= 0.3 is 0 Å². The lowest BCUT2D eigenvalue weighted by Crippen LogP contribution is -2.48. The van der Waals surface area contributed by atoms with Gasteiger partial charge in [0.05, 0.1) is 10.3 Å². The zero-order valence-corrected chi connectivity index (χ0v) is 19.7. The van der Waals surface area contributed by atoms with Gasteiger partial charge in [-0.15, -0.1) is 12.4 Å². The van der Waals surface area contributed by atoms with E-state index in [0.29, 0.717) is 16.8 Å². The van der Waals surface area contributed by atoms with Crippen LogP contribution >= 0.6 is 46.3 Å². The molecule has 0 aliphatic carbocycles. The van der Waals surface area contributed by atoms with Gasteiger partial charge < -0.3 is 10.2 Å². The highest BCUT2D eigenvalue weighted by Crippen LogP contribution is 2.31. The van der Waals surface area contributed by atoms with Crippen LogP contribution in [0.15, 0.2) is 36.4 Å². The number of piperazine rings is 1. The van der Waals surface area contributed by atoms with E-state index in [1.54, 1.807) is 0 Å². The Labute approximate surface area is 197 Å². The van der Waals surface area contributed by atoms with Gasteiger partial charge in [-0.1, -0.05) is 23.5 Å². The molecule has 1 amide bonds. The smallest absolute Gasteiger partial charge is 0.252 e. The average molecular weight is 565 g/mol. The lowest BCUT2D eigenvalue weighted by Gasteiger charge is -2.34. The lowest BCUT2D eigenvalue weighted by molar-refractivity contribution is 0.0947. The van der Waals surface area contributed by atoms with Crippen LogP contribution in [0.4, 0.5) is 13.9 Å². The highest BCUT2D eigenvalue weighted by molar-refractivity contribution is 14.1. The Kier molecular flexibility index (Phi) is 7.83. The van der Waals surface area contributed by atoms with E-state index in [4.69, 9.17) is 0 Å². The fourth-order valence-corrected chi connectivity index (χ4v) is 5.00. The highest BCUT2D eigenvalue weighted by Gasteiger charge is 2.21. The first-order valence-electron chi connectivity index (χ1n) is 9.27. The molecule has 0 bridgehead atoms. The van der Waals surface area contributed by atoms with Crippen LogP contribution in [-0.4, -0.2) is 55.1 Å². The third kappa shape index (κ3) is 5.19. The Morgan fingerprint density at radius 1 is 1.17 bits per heavy atom. The molecule has 1 aliphatic rings. The number of nitrogens with one attached hydrogen (secondary N) is 1. The van der Waals surface area contributed by atoms with Gasteiger partial charge in [0.15, 0.2) is 10.9 Å². The van der Waals surface area contributed by atoms with Crippen LogP contribution in [0, 0.1) is 15.2 Å². The van der Waals surface area contributed by atoms with Crippen LogP contribution in [-0.2, 0) is 0 Å². The van der Waals surface area contributed by atoms with Gasteiger partial charge in [-0.25, -0.2) is 13.8 Å². The molecule has 30 heavy (non-hydrogen) atoms. The van der Waals surface area contributed by atoms with Gasteiger partial charge in [0.25, 0.3) is 5.91 Å². The molecule has 1 aliphatic heterocycles. The van der Waals surface area contributed by atoms with Crippen LogP contribution in [0.5, 0.6) is 0 Å².